The van der Waals surface area contributed by atoms with E-state index in [1.807, 2.05) is 6.08 Å². The molecule has 0 saturated carbocycles. The molecule has 0 heterocycles. The molecule has 70 valence electrons. The summed E-state index contributed by atoms with van der Waals surface area (Å²) >= 11 is 0. The van der Waals surface area contributed by atoms with Gasteiger partial charge in [-0.2, -0.15) is 0 Å². The molecule has 0 N–H and O–H groups in total. The number of hydrogen-bond donors (Lipinski definition) is 0. The Kier molecular flexibility index (Phi) is 4.32. The molecule has 0 aromatic carbocycles. The molecule has 0 aliphatic carbocycles. The smallest absolute Gasteiger partial charge is 0.229 e. The standard InChI is InChI=1S/C10H20OSi/c1-7-8-9(10(2,3)4)11-12(5)6/h7-8,12H,1H2,2-6H3. The first-order valence-corrected chi connectivity index (χ1v) is 7.16. The minimum atomic E-state index is -0.976. The highest BCUT2D eigenvalue weighted by atomic mass is 28.3. The predicted molar refractivity (Wildman–Crippen MR) is 57.7 cm³/mol. The average molecular weight is 184 g/mol. The van der Waals surface area contributed by atoms with Crippen LogP contribution < -0.4 is 0 Å². The number of hydrogen-bond acceptors (Lipinski definition) is 1. The van der Waals surface area contributed by atoms with Crippen molar-refractivity contribution in [3.05, 3.63) is 24.5 Å². The van der Waals surface area contributed by atoms with E-state index >= 15 is 0 Å². The highest BCUT2D eigenvalue weighted by Gasteiger charge is 2.18. The van der Waals surface area contributed by atoms with Crippen LogP contribution in [0.4, 0.5) is 0 Å². The van der Waals surface area contributed by atoms with Crippen molar-refractivity contribution >= 4 is 9.04 Å². The second-order valence-corrected chi connectivity index (χ2v) is 6.52. The maximum absolute atomic E-state index is 5.78. The van der Waals surface area contributed by atoms with Gasteiger partial charge in [-0.25, -0.2) is 0 Å². The van der Waals surface area contributed by atoms with Gasteiger partial charge in [-0.3, -0.25) is 0 Å². The molecule has 12 heavy (non-hydrogen) atoms. The van der Waals surface area contributed by atoms with E-state index in [2.05, 4.69) is 40.4 Å². The van der Waals surface area contributed by atoms with Crippen LogP contribution in [0.5, 0.6) is 0 Å². The normalized spacial score (nSPS) is 13.3. The molecular formula is C10H20OSi. The van der Waals surface area contributed by atoms with Gasteiger partial charge in [0.25, 0.3) is 0 Å². The van der Waals surface area contributed by atoms with Crippen molar-refractivity contribution in [1.29, 1.82) is 0 Å². The molecule has 0 saturated heterocycles. The highest BCUT2D eigenvalue weighted by molar-refractivity contribution is 6.48. The van der Waals surface area contributed by atoms with Crippen LogP contribution in [-0.2, 0) is 4.43 Å². The van der Waals surface area contributed by atoms with Crippen LogP contribution in [0.2, 0.25) is 13.1 Å². The first-order chi connectivity index (χ1) is 5.38. The number of rotatable bonds is 3. The SMILES string of the molecule is C=CC=C(O[SiH](C)C)C(C)(C)C. The van der Waals surface area contributed by atoms with Gasteiger partial charge in [0, 0.05) is 5.41 Å². The van der Waals surface area contributed by atoms with Crippen molar-refractivity contribution in [3.8, 4) is 0 Å². The van der Waals surface area contributed by atoms with Crippen molar-refractivity contribution in [1.82, 2.24) is 0 Å². The molecule has 0 aliphatic rings. The molecule has 0 unspecified atom stereocenters. The van der Waals surface area contributed by atoms with Gasteiger partial charge in [0.1, 0.15) is 0 Å². The van der Waals surface area contributed by atoms with E-state index in [0.717, 1.165) is 5.76 Å². The zero-order valence-electron chi connectivity index (χ0n) is 8.85. The third kappa shape index (κ3) is 4.39. The average Bonchev–Trinajstić information content (AvgIpc) is 1.83. The Morgan fingerprint density at radius 1 is 1.33 bits per heavy atom. The van der Waals surface area contributed by atoms with Gasteiger partial charge in [-0.1, -0.05) is 33.4 Å². The Labute approximate surface area is 77.9 Å². The van der Waals surface area contributed by atoms with E-state index in [1.54, 1.807) is 6.08 Å². The third-order valence-electron chi connectivity index (χ3n) is 1.37. The van der Waals surface area contributed by atoms with Crippen molar-refractivity contribution in [2.75, 3.05) is 0 Å². The van der Waals surface area contributed by atoms with E-state index < -0.39 is 9.04 Å². The molecule has 0 atom stereocenters. The second-order valence-electron chi connectivity index (χ2n) is 4.18. The van der Waals surface area contributed by atoms with Crippen LogP contribution in [0.15, 0.2) is 24.5 Å². The molecule has 0 aliphatic heterocycles. The van der Waals surface area contributed by atoms with Crippen LogP contribution >= 0.6 is 0 Å². The van der Waals surface area contributed by atoms with Gasteiger partial charge in [0.2, 0.25) is 9.04 Å². The molecule has 0 aromatic rings. The maximum atomic E-state index is 5.78. The van der Waals surface area contributed by atoms with Crippen molar-refractivity contribution in [3.63, 3.8) is 0 Å². The fourth-order valence-electron chi connectivity index (χ4n) is 0.827. The van der Waals surface area contributed by atoms with E-state index in [9.17, 15) is 0 Å². The molecule has 0 amide bonds. The van der Waals surface area contributed by atoms with Crippen LogP contribution in [0, 0.1) is 5.41 Å². The lowest BCUT2D eigenvalue weighted by Crippen LogP contribution is -2.18. The monoisotopic (exact) mass is 184 g/mol. The zero-order chi connectivity index (χ0) is 9.78. The maximum Gasteiger partial charge on any atom is 0.229 e. The van der Waals surface area contributed by atoms with Gasteiger partial charge in [0.05, 0.1) is 5.76 Å². The molecule has 0 spiro atoms. The predicted octanol–water partition coefficient (Wildman–Crippen LogP) is 3.10. The Morgan fingerprint density at radius 2 is 1.83 bits per heavy atom. The summed E-state index contributed by atoms with van der Waals surface area (Å²) in [6.45, 7) is 14.5. The van der Waals surface area contributed by atoms with Gasteiger partial charge in [-0.15, -0.1) is 0 Å². The summed E-state index contributed by atoms with van der Waals surface area (Å²) in [5, 5.41) is 0. The minimum absolute atomic E-state index is 0.103. The zero-order valence-corrected chi connectivity index (χ0v) is 10.0. The third-order valence-corrected chi connectivity index (χ3v) is 2.10. The quantitative estimate of drug-likeness (QED) is 0.372. The summed E-state index contributed by atoms with van der Waals surface area (Å²) in [7, 11) is -0.976. The van der Waals surface area contributed by atoms with E-state index in [0.29, 0.717) is 0 Å². The van der Waals surface area contributed by atoms with Crippen LogP contribution in [0.25, 0.3) is 0 Å². The summed E-state index contributed by atoms with van der Waals surface area (Å²) in [4.78, 5) is 0. The van der Waals surface area contributed by atoms with Crippen molar-refractivity contribution in [2.24, 2.45) is 5.41 Å². The Morgan fingerprint density at radius 3 is 2.08 bits per heavy atom. The molecule has 1 nitrogen and oxygen atoms in total. The largest absolute Gasteiger partial charge is 0.549 e. The highest BCUT2D eigenvalue weighted by Crippen LogP contribution is 2.26. The van der Waals surface area contributed by atoms with Gasteiger partial charge in [0.15, 0.2) is 0 Å². The first kappa shape index (κ1) is 11.5. The van der Waals surface area contributed by atoms with Crippen LogP contribution in [-0.4, -0.2) is 9.04 Å². The van der Waals surface area contributed by atoms with Gasteiger partial charge < -0.3 is 4.43 Å². The lowest BCUT2D eigenvalue weighted by molar-refractivity contribution is 0.299. The topological polar surface area (TPSA) is 9.23 Å². The Balaban J connectivity index is 4.46. The van der Waals surface area contributed by atoms with Gasteiger partial charge in [-0.05, 0) is 19.2 Å². The lowest BCUT2D eigenvalue weighted by atomic mass is 9.94. The van der Waals surface area contributed by atoms with E-state index in [1.165, 1.54) is 0 Å². The summed E-state index contributed by atoms with van der Waals surface area (Å²) in [6.07, 6.45) is 3.75. The second kappa shape index (κ2) is 4.50. The molecule has 2 heteroatoms. The summed E-state index contributed by atoms with van der Waals surface area (Å²) in [5.41, 5.74) is 0.103. The molecule has 0 rings (SSSR count). The lowest BCUT2D eigenvalue weighted by Gasteiger charge is -2.25. The summed E-state index contributed by atoms with van der Waals surface area (Å²) in [5.74, 6) is 1.05. The van der Waals surface area contributed by atoms with Crippen molar-refractivity contribution < 1.29 is 4.43 Å². The first-order valence-electron chi connectivity index (χ1n) is 4.37. The van der Waals surface area contributed by atoms with E-state index in [4.69, 9.17) is 4.43 Å². The van der Waals surface area contributed by atoms with Crippen LogP contribution in [0.3, 0.4) is 0 Å². The molecule has 0 radical (unpaired) electrons. The fraction of sp³-hybridized carbons (Fsp3) is 0.600. The molecule has 0 aromatic heterocycles. The molecule has 0 fully saturated rings. The summed E-state index contributed by atoms with van der Waals surface area (Å²) in [6, 6.07) is 0. The summed E-state index contributed by atoms with van der Waals surface area (Å²) < 4.78 is 5.78. The Hall–Kier alpha value is -0.503. The molecular weight excluding hydrogens is 164 g/mol. The molecule has 0 bridgehead atoms. The van der Waals surface area contributed by atoms with Crippen molar-refractivity contribution in [2.45, 2.75) is 33.9 Å². The fourth-order valence-corrected chi connectivity index (χ4v) is 1.77. The van der Waals surface area contributed by atoms with E-state index in [-0.39, 0.29) is 5.41 Å². The van der Waals surface area contributed by atoms with Gasteiger partial charge >= 0.3 is 0 Å². The Bertz CT molecular complexity index is 175. The number of allylic oxidation sites excluding steroid dienone is 3. The minimum Gasteiger partial charge on any atom is -0.549 e. The van der Waals surface area contributed by atoms with Crippen LogP contribution in [0.1, 0.15) is 20.8 Å².